The molecule has 1 saturated heterocycles. The lowest BCUT2D eigenvalue weighted by Crippen LogP contribution is -2.34. The lowest BCUT2D eigenvalue weighted by atomic mass is 9.96. The molecule has 0 radical (unpaired) electrons. The zero-order valence-electron chi connectivity index (χ0n) is 11.1. The number of ether oxygens (including phenoxy) is 1. The SMILES string of the molecule is NC1COCC1C(=O)Cc1ccn(C2CCCC2)n1. The number of aromatic nitrogens is 2. The third kappa shape index (κ3) is 2.72. The molecule has 0 amide bonds. The molecular weight excluding hydrogens is 242 g/mol. The van der Waals surface area contributed by atoms with Gasteiger partial charge in [-0.2, -0.15) is 5.10 Å². The molecule has 1 aromatic heterocycles. The molecule has 0 aromatic carbocycles. The molecule has 0 spiro atoms. The average molecular weight is 263 g/mol. The van der Waals surface area contributed by atoms with Gasteiger partial charge < -0.3 is 10.5 Å². The summed E-state index contributed by atoms with van der Waals surface area (Å²) in [5.41, 5.74) is 6.72. The number of rotatable bonds is 4. The molecule has 1 aliphatic heterocycles. The van der Waals surface area contributed by atoms with E-state index in [-0.39, 0.29) is 17.7 Å². The Morgan fingerprint density at radius 3 is 2.89 bits per heavy atom. The van der Waals surface area contributed by atoms with Crippen LogP contribution in [0.1, 0.15) is 37.4 Å². The summed E-state index contributed by atoms with van der Waals surface area (Å²) < 4.78 is 7.27. The Balaban J connectivity index is 1.61. The third-order valence-electron chi connectivity index (χ3n) is 4.26. The minimum Gasteiger partial charge on any atom is -0.379 e. The monoisotopic (exact) mass is 263 g/mol. The van der Waals surface area contributed by atoms with Crippen LogP contribution in [-0.2, 0) is 16.0 Å². The second-order valence-electron chi connectivity index (χ2n) is 5.68. The molecule has 5 nitrogen and oxygen atoms in total. The number of Topliss-reactive ketones (excluding diaryl/α,β-unsaturated/α-hetero) is 1. The highest BCUT2D eigenvalue weighted by Crippen LogP contribution is 2.28. The third-order valence-corrected chi connectivity index (χ3v) is 4.26. The Morgan fingerprint density at radius 2 is 2.21 bits per heavy atom. The van der Waals surface area contributed by atoms with Gasteiger partial charge in [-0.05, 0) is 18.9 Å². The molecule has 2 heterocycles. The second kappa shape index (κ2) is 5.43. The van der Waals surface area contributed by atoms with Crippen molar-refractivity contribution >= 4 is 5.78 Å². The van der Waals surface area contributed by atoms with Crippen molar-refractivity contribution in [2.75, 3.05) is 13.2 Å². The number of nitrogens with two attached hydrogens (primary N) is 1. The summed E-state index contributed by atoms with van der Waals surface area (Å²) >= 11 is 0. The standard InChI is InChI=1S/C14H21N3O2/c15-13-9-19-8-12(13)14(18)7-10-5-6-17(16-10)11-3-1-2-4-11/h5-6,11-13H,1-4,7-9,15H2. The van der Waals surface area contributed by atoms with E-state index < -0.39 is 0 Å². The van der Waals surface area contributed by atoms with Crippen LogP contribution in [0.2, 0.25) is 0 Å². The molecule has 0 bridgehead atoms. The van der Waals surface area contributed by atoms with Gasteiger partial charge in [-0.25, -0.2) is 0 Å². The van der Waals surface area contributed by atoms with Gasteiger partial charge in [-0.15, -0.1) is 0 Å². The van der Waals surface area contributed by atoms with Crippen molar-refractivity contribution in [3.63, 3.8) is 0 Å². The number of carbonyl (C=O) groups is 1. The van der Waals surface area contributed by atoms with Crippen LogP contribution < -0.4 is 5.73 Å². The fraction of sp³-hybridized carbons (Fsp3) is 0.714. The van der Waals surface area contributed by atoms with Gasteiger partial charge in [-0.3, -0.25) is 9.48 Å². The molecule has 2 fully saturated rings. The highest BCUT2D eigenvalue weighted by molar-refractivity contribution is 5.83. The van der Waals surface area contributed by atoms with Gasteiger partial charge in [0.25, 0.3) is 0 Å². The molecule has 1 aromatic rings. The minimum atomic E-state index is -0.156. The number of hydrogen-bond donors (Lipinski definition) is 1. The molecule has 2 atom stereocenters. The maximum atomic E-state index is 12.1. The van der Waals surface area contributed by atoms with Crippen molar-refractivity contribution < 1.29 is 9.53 Å². The normalized spacial score (nSPS) is 28.1. The van der Waals surface area contributed by atoms with Crippen LogP contribution >= 0.6 is 0 Å². The summed E-state index contributed by atoms with van der Waals surface area (Å²) in [5, 5.41) is 4.54. The molecule has 1 saturated carbocycles. The summed E-state index contributed by atoms with van der Waals surface area (Å²) in [6.07, 6.45) is 7.36. The van der Waals surface area contributed by atoms with Crippen LogP contribution in [0.3, 0.4) is 0 Å². The van der Waals surface area contributed by atoms with Gasteiger partial charge in [0.1, 0.15) is 5.78 Å². The van der Waals surface area contributed by atoms with Gasteiger partial charge in [0.15, 0.2) is 0 Å². The first kappa shape index (κ1) is 12.8. The lowest BCUT2D eigenvalue weighted by molar-refractivity contribution is -0.122. The maximum Gasteiger partial charge on any atom is 0.145 e. The highest BCUT2D eigenvalue weighted by atomic mass is 16.5. The predicted molar refractivity (Wildman–Crippen MR) is 70.7 cm³/mol. The van der Waals surface area contributed by atoms with E-state index >= 15 is 0 Å². The number of ketones is 1. The van der Waals surface area contributed by atoms with Crippen molar-refractivity contribution in [1.29, 1.82) is 0 Å². The summed E-state index contributed by atoms with van der Waals surface area (Å²) in [5.74, 6) is -0.00157. The average Bonchev–Trinajstić information content (AvgIpc) is 3.07. The molecule has 2 aliphatic rings. The van der Waals surface area contributed by atoms with Crippen LogP contribution in [0.25, 0.3) is 0 Å². The molecular formula is C14H21N3O2. The van der Waals surface area contributed by atoms with E-state index in [1.807, 2.05) is 16.9 Å². The Morgan fingerprint density at radius 1 is 1.42 bits per heavy atom. The van der Waals surface area contributed by atoms with Crippen molar-refractivity contribution in [2.24, 2.45) is 11.7 Å². The molecule has 5 heteroatoms. The van der Waals surface area contributed by atoms with Crippen LogP contribution in [-0.4, -0.2) is 34.8 Å². The largest absolute Gasteiger partial charge is 0.379 e. The molecule has 3 rings (SSSR count). The van der Waals surface area contributed by atoms with Gasteiger partial charge in [-0.1, -0.05) is 12.8 Å². The van der Waals surface area contributed by atoms with Crippen LogP contribution in [0.4, 0.5) is 0 Å². The fourth-order valence-electron chi connectivity index (χ4n) is 3.06. The first-order chi connectivity index (χ1) is 9.24. The van der Waals surface area contributed by atoms with E-state index in [2.05, 4.69) is 5.10 Å². The number of hydrogen-bond acceptors (Lipinski definition) is 4. The number of carbonyl (C=O) groups excluding carboxylic acids is 1. The van der Waals surface area contributed by atoms with Crippen LogP contribution in [0.5, 0.6) is 0 Å². The Bertz CT molecular complexity index is 451. The zero-order chi connectivity index (χ0) is 13.2. The quantitative estimate of drug-likeness (QED) is 0.882. The van der Waals surface area contributed by atoms with E-state index in [4.69, 9.17) is 10.5 Å². The van der Waals surface area contributed by atoms with Crippen molar-refractivity contribution in [2.45, 2.75) is 44.2 Å². The lowest BCUT2D eigenvalue weighted by Gasteiger charge is -2.11. The Labute approximate surface area is 113 Å². The van der Waals surface area contributed by atoms with Gasteiger partial charge in [0.05, 0.1) is 37.3 Å². The first-order valence-corrected chi connectivity index (χ1v) is 7.14. The Kier molecular flexibility index (Phi) is 3.66. The fourth-order valence-corrected chi connectivity index (χ4v) is 3.06. The topological polar surface area (TPSA) is 70.1 Å². The van der Waals surface area contributed by atoms with Crippen molar-refractivity contribution in [3.05, 3.63) is 18.0 Å². The molecule has 2 N–H and O–H groups in total. The number of nitrogens with zero attached hydrogens (tertiary/aromatic N) is 2. The summed E-state index contributed by atoms with van der Waals surface area (Å²) in [6, 6.07) is 2.34. The van der Waals surface area contributed by atoms with Crippen LogP contribution in [0, 0.1) is 5.92 Å². The predicted octanol–water partition coefficient (Wildman–Crippen LogP) is 1.08. The Hall–Kier alpha value is -1.20. The van der Waals surface area contributed by atoms with E-state index in [0.29, 0.717) is 25.7 Å². The molecule has 2 unspecified atom stereocenters. The first-order valence-electron chi connectivity index (χ1n) is 7.14. The van der Waals surface area contributed by atoms with Gasteiger partial charge >= 0.3 is 0 Å². The zero-order valence-corrected chi connectivity index (χ0v) is 11.1. The summed E-state index contributed by atoms with van der Waals surface area (Å²) in [7, 11) is 0. The highest BCUT2D eigenvalue weighted by Gasteiger charge is 2.31. The second-order valence-corrected chi connectivity index (χ2v) is 5.68. The van der Waals surface area contributed by atoms with E-state index in [9.17, 15) is 4.79 Å². The summed E-state index contributed by atoms with van der Waals surface area (Å²) in [6.45, 7) is 0.955. The minimum absolute atomic E-state index is 0.149. The van der Waals surface area contributed by atoms with E-state index in [1.54, 1.807) is 0 Å². The summed E-state index contributed by atoms with van der Waals surface area (Å²) in [4.78, 5) is 12.1. The molecule has 1 aliphatic carbocycles. The van der Waals surface area contributed by atoms with Crippen molar-refractivity contribution in [3.8, 4) is 0 Å². The van der Waals surface area contributed by atoms with Gasteiger partial charge in [0, 0.05) is 12.2 Å². The molecule has 19 heavy (non-hydrogen) atoms. The van der Waals surface area contributed by atoms with Crippen LogP contribution in [0.15, 0.2) is 12.3 Å². The van der Waals surface area contributed by atoms with E-state index in [0.717, 1.165) is 5.69 Å². The molecule has 104 valence electrons. The smallest absolute Gasteiger partial charge is 0.145 e. The van der Waals surface area contributed by atoms with Crippen molar-refractivity contribution in [1.82, 2.24) is 9.78 Å². The van der Waals surface area contributed by atoms with Gasteiger partial charge in [0.2, 0.25) is 0 Å². The maximum absolute atomic E-state index is 12.1. The van der Waals surface area contributed by atoms with E-state index in [1.165, 1.54) is 25.7 Å².